The maximum Gasteiger partial charge on any atom is 0.0718 e. The summed E-state index contributed by atoms with van der Waals surface area (Å²) in [5, 5.41) is 9.79. The van der Waals surface area contributed by atoms with Crippen molar-refractivity contribution < 1.29 is 5.11 Å². The quantitative estimate of drug-likeness (QED) is 0.742. The normalized spacial score (nSPS) is 12.1. The summed E-state index contributed by atoms with van der Waals surface area (Å²) in [4.78, 5) is 2.26. The minimum Gasteiger partial charge on any atom is -0.399 e. The van der Waals surface area contributed by atoms with Crippen LogP contribution in [-0.2, 0) is 6.42 Å². The Morgan fingerprint density at radius 3 is 2.29 bits per heavy atom. The van der Waals surface area contributed by atoms with Crippen LogP contribution in [0.15, 0.2) is 24.3 Å². The topological polar surface area (TPSA) is 49.5 Å². The van der Waals surface area contributed by atoms with Crippen molar-refractivity contribution in [1.82, 2.24) is 4.90 Å². The molecule has 0 atom stereocenters. The lowest BCUT2D eigenvalue weighted by Crippen LogP contribution is -2.39. The van der Waals surface area contributed by atoms with Gasteiger partial charge in [0, 0.05) is 18.8 Å². The zero-order valence-electron chi connectivity index (χ0n) is 11.1. The highest BCUT2D eigenvalue weighted by molar-refractivity contribution is 5.39. The molecule has 0 spiro atoms. The van der Waals surface area contributed by atoms with Crippen LogP contribution in [-0.4, -0.2) is 35.2 Å². The fourth-order valence-electron chi connectivity index (χ4n) is 1.87. The van der Waals surface area contributed by atoms with E-state index in [0.29, 0.717) is 6.54 Å². The van der Waals surface area contributed by atoms with Gasteiger partial charge in [-0.3, -0.25) is 0 Å². The maximum absolute atomic E-state index is 9.79. The Hall–Kier alpha value is -1.06. The van der Waals surface area contributed by atoms with E-state index in [1.54, 1.807) is 0 Å². The van der Waals surface area contributed by atoms with E-state index in [2.05, 4.69) is 24.0 Å². The summed E-state index contributed by atoms with van der Waals surface area (Å²) in [6.07, 6.45) is 0.990. The van der Waals surface area contributed by atoms with Crippen LogP contribution in [0.2, 0.25) is 0 Å². The minimum atomic E-state index is -0.628. The fourth-order valence-corrected chi connectivity index (χ4v) is 1.87. The van der Waals surface area contributed by atoms with Crippen LogP contribution in [0.1, 0.15) is 26.3 Å². The molecule has 17 heavy (non-hydrogen) atoms. The molecular formula is C14H24N2O. The number of likely N-dealkylation sites (N-methyl/N-ethyl adjacent to an activating group) is 1. The van der Waals surface area contributed by atoms with Crippen molar-refractivity contribution in [2.24, 2.45) is 0 Å². The smallest absolute Gasteiger partial charge is 0.0718 e. The van der Waals surface area contributed by atoms with E-state index in [9.17, 15) is 5.11 Å². The summed E-state index contributed by atoms with van der Waals surface area (Å²) in [6, 6.07) is 7.99. The number of nitrogens with two attached hydrogens (primary N) is 1. The Balaban J connectivity index is 2.45. The van der Waals surface area contributed by atoms with Crippen molar-refractivity contribution in [2.75, 3.05) is 25.4 Å². The molecule has 0 fully saturated rings. The van der Waals surface area contributed by atoms with Crippen LogP contribution >= 0.6 is 0 Å². The van der Waals surface area contributed by atoms with E-state index in [-0.39, 0.29) is 0 Å². The molecule has 0 aliphatic rings. The largest absolute Gasteiger partial charge is 0.399 e. The van der Waals surface area contributed by atoms with Crippen molar-refractivity contribution in [2.45, 2.75) is 32.8 Å². The summed E-state index contributed by atoms with van der Waals surface area (Å²) in [7, 11) is 0. The molecule has 1 aromatic carbocycles. The molecule has 0 aromatic heterocycles. The molecule has 3 N–H and O–H groups in total. The van der Waals surface area contributed by atoms with Gasteiger partial charge in [-0.05, 0) is 44.5 Å². The minimum absolute atomic E-state index is 0.628. The summed E-state index contributed by atoms with van der Waals surface area (Å²) in [5.74, 6) is 0. The number of hydrogen-bond acceptors (Lipinski definition) is 3. The average Bonchev–Trinajstić information content (AvgIpc) is 2.25. The Kier molecular flexibility index (Phi) is 4.97. The van der Waals surface area contributed by atoms with Gasteiger partial charge in [-0.1, -0.05) is 19.1 Å². The van der Waals surface area contributed by atoms with Gasteiger partial charge in [-0.15, -0.1) is 0 Å². The first-order valence-electron chi connectivity index (χ1n) is 6.20. The van der Waals surface area contributed by atoms with Crippen LogP contribution in [0.4, 0.5) is 5.69 Å². The molecule has 0 saturated heterocycles. The van der Waals surface area contributed by atoms with Crippen LogP contribution in [0.3, 0.4) is 0 Å². The maximum atomic E-state index is 9.79. The van der Waals surface area contributed by atoms with Gasteiger partial charge in [0.15, 0.2) is 0 Å². The zero-order valence-corrected chi connectivity index (χ0v) is 11.1. The number of nitrogen functional groups attached to an aromatic ring is 1. The molecule has 0 unspecified atom stereocenters. The highest BCUT2D eigenvalue weighted by atomic mass is 16.3. The molecule has 3 nitrogen and oxygen atoms in total. The highest BCUT2D eigenvalue weighted by Crippen LogP contribution is 2.09. The first kappa shape index (κ1) is 14.0. The van der Waals surface area contributed by atoms with E-state index in [1.165, 1.54) is 5.56 Å². The van der Waals surface area contributed by atoms with Crippen LogP contribution < -0.4 is 5.73 Å². The van der Waals surface area contributed by atoms with Crippen LogP contribution in [0.25, 0.3) is 0 Å². The van der Waals surface area contributed by atoms with E-state index >= 15 is 0 Å². The van der Waals surface area contributed by atoms with Gasteiger partial charge in [-0.25, -0.2) is 0 Å². The van der Waals surface area contributed by atoms with Crippen molar-refractivity contribution in [1.29, 1.82) is 0 Å². The third kappa shape index (κ3) is 5.71. The molecule has 1 aromatic rings. The van der Waals surface area contributed by atoms with E-state index in [1.807, 2.05) is 26.0 Å². The molecule has 0 saturated carbocycles. The standard InChI is InChI=1S/C14H24N2O/c1-4-16(11-14(2,3)17)10-9-12-5-7-13(15)8-6-12/h5-8,17H,4,9-11,15H2,1-3H3. The first-order valence-corrected chi connectivity index (χ1v) is 6.20. The first-order chi connectivity index (χ1) is 7.90. The third-order valence-corrected chi connectivity index (χ3v) is 2.75. The Labute approximate surface area is 104 Å². The lowest BCUT2D eigenvalue weighted by Gasteiger charge is -2.27. The summed E-state index contributed by atoms with van der Waals surface area (Å²) >= 11 is 0. The van der Waals surface area contributed by atoms with Crippen LogP contribution in [0.5, 0.6) is 0 Å². The number of anilines is 1. The number of benzene rings is 1. The van der Waals surface area contributed by atoms with Crippen LogP contribution in [0, 0.1) is 0 Å². The van der Waals surface area contributed by atoms with Gasteiger partial charge in [0.2, 0.25) is 0 Å². The Bertz CT molecular complexity index is 327. The second kappa shape index (κ2) is 6.03. The number of aliphatic hydroxyl groups is 1. The lowest BCUT2D eigenvalue weighted by atomic mass is 10.1. The molecule has 0 heterocycles. The Morgan fingerprint density at radius 1 is 1.24 bits per heavy atom. The number of nitrogens with zero attached hydrogens (tertiary/aromatic N) is 1. The molecular weight excluding hydrogens is 212 g/mol. The SMILES string of the molecule is CCN(CCc1ccc(N)cc1)CC(C)(C)O. The van der Waals surface area contributed by atoms with Crippen molar-refractivity contribution in [3.05, 3.63) is 29.8 Å². The number of hydrogen-bond donors (Lipinski definition) is 2. The number of rotatable bonds is 6. The van der Waals surface area contributed by atoms with Crippen molar-refractivity contribution in [3.8, 4) is 0 Å². The zero-order chi connectivity index (χ0) is 12.9. The molecule has 0 radical (unpaired) electrons. The van der Waals surface area contributed by atoms with E-state index in [0.717, 1.165) is 25.2 Å². The molecule has 0 bridgehead atoms. The summed E-state index contributed by atoms with van der Waals surface area (Å²) in [5.41, 5.74) is 7.11. The fraction of sp³-hybridized carbons (Fsp3) is 0.571. The van der Waals surface area contributed by atoms with Gasteiger partial charge in [0.25, 0.3) is 0 Å². The molecule has 0 aliphatic carbocycles. The predicted octanol–water partition coefficient (Wildman–Crippen LogP) is 1.90. The van der Waals surface area contributed by atoms with Crippen molar-refractivity contribution >= 4 is 5.69 Å². The van der Waals surface area contributed by atoms with E-state index < -0.39 is 5.60 Å². The van der Waals surface area contributed by atoms with Gasteiger partial charge in [-0.2, -0.15) is 0 Å². The second-order valence-electron chi connectivity index (χ2n) is 5.17. The monoisotopic (exact) mass is 236 g/mol. The summed E-state index contributed by atoms with van der Waals surface area (Å²) < 4.78 is 0. The molecule has 0 amide bonds. The Morgan fingerprint density at radius 2 is 1.82 bits per heavy atom. The lowest BCUT2D eigenvalue weighted by molar-refractivity contribution is 0.0382. The average molecular weight is 236 g/mol. The predicted molar refractivity (Wildman–Crippen MR) is 73.0 cm³/mol. The van der Waals surface area contributed by atoms with Gasteiger partial charge < -0.3 is 15.7 Å². The molecule has 3 heteroatoms. The second-order valence-corrected chi connectivity index (χ2v) is 5.17. The highest BCUT2D eigenvalue weighted by Gasteiger charge is 2.16. The molecule has 1 rings (SSSR count). The van der Waals surface area contributed by atoms with Gasteiger partial charge in [0.05, 0.1) is 5.60 Å². The third-order valence-electron chi connectivity index (χ3n) is 2.75. The molecule has 0 aliphatic heterocycles. The summed E-state index contributed by atoms with van der Waals surface area (Å²) in [6.45, 7) is 8.44. The van der Waals surface area contributed by atoms with Gasteiger partial charge >= 0.3 is 0 Å². The molecule has 96 valence electrons. The van der Waals surface area contributed by atoms with Gasteiger partial charge in [0.1, 0.15) is 0 Å². The van der Waals surface area contributed by atoms with E-state index in [4.69, 9.17) is 5.73 Å². The van der Waals surface area contributed by atoms with Crippen molar-refractivity contribution in [3.63, 3.8) is 0 Å².